The Labute approximate surface area is 126 Å². The molecule has 0 aromatic heterocycles. The number of carbonyl (C=O) groups excluding carboxylic acids is 1. The fraction of sp³-hybridized carbons (Fsp3) is 0.188. The molecule has 1 aliphatic rings. The van der Waals surface area contributed by atoms with E-state index in [1.54, 1.807) is 0 Å². The van der Waals surface area contributed by atoms with Crippen molar-refractivity contribution in [3.8, 4) is 5.75 Å². The topological polar surface area (TPSA) is 81.5 Å². The van der Waals surface area contributed by atoms with Crippen LogP contribution in [0, 0.1) is 10.1 Å². The SMILES string of the molecule is O=C(N[C@@H]1CCOc2ccccc21)c1ccc([N+](=O)[O-])cc1. The number of non-ortho nitro benzene ring substituents is 1. The molecule has 0 saturated carbocycles. The van der Waals surface area contributed by atoms with Crippen LogP contribution in [-0.2, 0) is 0 Å². The van der Waals surface area contributed by atoms with Gasteiger partial charge in [-0.1, -0.05) is 18.2 Å². The van der Waals surface area contributed by atoms with Crippen LogP contribution in [0.25, 0.3) is 0 Å². The standard InChI is InChI=1S/C16H14N2O4/c19-16(11-5-7-12(8-6-11)18(20)21)17-14-9-10-22-15-4-2-1-3-13(14)15/h1-8,14H,9-10H2,(H,17,19)/t14-/m1/s1. The van der Waals surface area contributed by atoms with Crippen LogP contribution < -0.4 is 10.1 Å². The summed E-state index contributed by atoms with van der Waals surface area (Å²) in [5.41, 5.74) is 1.31. The highest BCUT2D eigenvalue weighted by molar-refractivity contribution is 5.94. The van der Waals surface area contributed by atoms with Crippen molar-refractivity contribution in [3.63, 3.8) is 0 Å². The van der Waals surface area contributed by atoms with Crippen molar-refractivity contribution in [2.24, 2.45) is 0 Å². The van der Waals surface area contributed by atoms with Gasteiger partial charge < -0.3 is 10.1 Å². The number of para-hydroxylation sites is 1. The van der Waals surface area contributed by atoms with Gasteiger partial charge in [0.1, 0.15) is 5.75 Å². The van der Waals surface area contributed by atoms with E-state index in [2.05, 4.69) is 5.32 Å². The summed E-state index contributed by atoms with van der Waals surface area (Å²) >= 11 is 0. The maximum atomic E-state index is 12.3. The molecule has 6 nitrogen and oxygen atoms in total. The first kappa shape index (κ1) is 14.1. The average Bonchev–Trinajstić information content (AvgIpc) is 2.55. The lowest BCUT2D eigenvalue weighted by atomic mass is 10.00. The molecule has 3 rings (SSSR count). The molecule has 112 valence electrons. The molecule has 1 atom stereocenters. The average molecular weight is 298 g/mol. The number of nitrogens with one attached hydrogen (secondary N) is 1. The van der Waals surface area contributed by atoms with Crippen LogP contribution in [0.1, 0.15) is 28.4 Å². The third-order valence-corrected chi connectivity index (χ3v) is 3.60. The van der Waals surface area contributed by atoms with E-state index in [9.17, 15) is 14.9 Å². The van der Waals surface area contributed by atoms with Crippen molar-refractivity contribution in [2.45, 2.75) is 12.5 Å². The molecule has 1 N–H and O–H groups in total. The third kappa shape index (κ3) is 2.76. The Bertz CT molecular complexity index is 712. The Balaban J connectivity index is 1.76. The van der Waals surface area contributed by atoms with Crippen LogP contribution in [0.5, 0.6) is 5.75 Å². The number of nitro benzene ring substituents is 1. The fourth-order valence-electron chi connectivity index (χ4n) is 2.47. The summed E-state index contributed by atoms with van der Waals surface area (Å²) in [6, 6.07) is 13.0. The van der Waals surface area contributed by atoms with Gasteiger partial charge in [-0.3, -0.25) is 14.9 Å². The third-order valence-electron chi connectivity index (χ3n) is 3.60. The number of fused-ring (bicyclic) bond motifs is 1. The largest absolute Gasteiger partial charge is 0.493 e. The van der Waals surface area contributed by atoms with E-state index in [0.717, 1.165) is 11.3 Å². The van der Waals surface area contributed by atoms with Crippen molar-refractivity contribution in [1.82, 2.24) is 5.32 Å². The molecule has 1 amide bonds. The van der Waals surface area contributed by atoms with Crippen molar-refractivity contribution in [2.75, 3.05) is 6.61 Å². The van der Waals surface area contributed by atoms with Gasteiger partial charge in [0.2, 0.25) is 0 Å². The van der Waals surface area contributed by atoms with E-state index in [0.29, 0.717) is 18.6 Å². The van der Waals surface area contributed by atoms with Crippen molar-refractivity contribution in [1.29, 1.82) is 0 Å². The van der Waals surface area contributed by atoms with Gasteiger partial charge in [0, 0.05) is 29.7 Å². The molecule has 0 saturated heterocycles. The Morgan fingerprint density at radius 2 is 1.91 bits per heavy atom. The Hall–Kier alpha value is -2.89. The van der Waals surface area contributed by atoms with Gasteiger partial charge >= 0.3 is 0 Å². The minimum atomic E-state index is -0.490. The minimum absolute atomic E-state index is 0.0343. The second-order valence-electron chi connectivity index (χ2n) is 5.00. The molecule has 2 aromatic carbocycles. The fourth-order valence-corrected chi connectivity index (χ4v) is 2.47. The number of amides is 1. The van der Waals surface area contributed by atoms with Crippen LogP contribution in [0.4, 0.5) is 5.69 Å². The number of benzene rings is 2. The number of nitrogens with zero attached hydrogens (tertiary/aromatic N) is 1. The Morgan fingerprint density at radius 1 is 1.18 bits per heavy atom. The summed E-state index contributed by atoms with van der Waals surface area (Å²) < 4.78 is 5.56. The molecule has 1 heterocycles. The summed E-state index contributed by atoms with van der Waals surface area (Å²) in [6.45, 7) is 0.544. The Kier molecular flexibility index (Phi) is 3.74. The van der Waals surface area contributed by atoms with Gasteiger partial charge in [0.15, 0.2) is 0 Å². The molecular weight excluding hydrogens is 284 g/mol. The second kappa shape index (κ2) is 5.85. The van der Waals surface area contributed by atoms with E-state index in [4.69, 9.17) is 4.74 Å². The summed E-state index contributed by atoms with van der Waals surface area (Å²) in [5.74, 6) is 0.527. The normalized spacial score (nSPS) is 16.3. The van der Waals surface area contributed by atoms with E-state index in [1.165, 1.54) is 24.3 Å². The first-order chi connectivity index (χ1) is 10.6. The van der Waals surface area contributed by atoms with Gasteiger partial charge in [-0.05, 0) is 18.2 Å². The molecule has 22 heavy (non-hydrogen) atoms. The lowest BCUT2D eigenvalue weighted by Gasteiger charge is -2.26. The lowest BCUT2D eigenvalue weighted by molar-refractivity contribution is -0.384. The number of hydrogen-bond acceptors (Lipinski definition) is 4. The van der Waals surface area contributed by atoms with Gasteiger partial charge in [-0.25, -0.2) is 0 Å². The van der Waals surface area contributed by atoms with Crippen molar-refractivity contribution >= 4 is 11.6 Å². The minimum Gasteiger partial charge on any atom is -0.493 e. The van der Waals surface area contributed by atoms with Crippen LogP contribution in [-0.4, -0.2) is 17.4 Å². The van der Waals surface area contributed by atoms with E-state index >= 15 is 0 Å². The predicted octanol–water partition coefficient (Wildman–Crippen LogP) is 2.85. The maximum Gasteiger partial charge on any atom is 0.269 e. The molecule has 1 aliphatic heterocycles. The predicted molar refractivity (Wildman–Crippen MR) is 79.9 cm³/mol. The smallest absolute Gasteiger partial charge is 0.269 e. The highest BCUT2D eigenvalue weighted by atomic mass is 16.6. The highest BCUT2D eigenvalue weighted by Gasteiger charge is 2.23. The number of hydrogen-bond donors (Lipinski definition) is 1. The number of nitro groups is 1. The quantitative estimate of drug-likeness (QED) is 0.698. The summed E-state index contributed by atoms with van der Waals surface area (Å²) in [4.78, 5) is 22.4. The summed E-state index contributed by atoms with van der Waals surface area (Å²) in [5, 5.41) is 13.6. The number of ether oxygens (including phenoxy) is 1. The van der Waals surface area contributed by atoms with Crippen LogP contribution in [0.2, 0.25) is 0 Å². The Morgan fingerprint density at radius 3 is 2.64 bits per heavy atom. The van der Waals surface area contributed by atoms with E-state index in [1.807, 2.05) is 24.3 Å². The lowest BCUT2D eigenvalue weighted by Crippen LogP contribution is -2.32. The summed E-state index contributed by atoms with van der Waals surface area (Å²) in [6.07, 6.45) is 0.690. The first-order valence-electron chi connectivity index (χ1n) is 6.92. The zero-order valence-corrected chi connectivity index (χ0v) is 11.7. The van der Waals surface area contributed by atoms with Crippen molar-refractivity contribution in [3.05, 3.63) is 69.8 Å². The van der Waals surface area contributed by atoms with Crippen molar-refractivity contribution < 1.29 is 14.5 Å². The number of carbonyl (C=O) groups is 1. The molecule has 0 spiro atoms. The summed E-state index contributed by atoms with van der Waals surface area (Å²) in [7, 11) is 0. The van der Waals surface area contributed by atoms with E-state index < -0.39 is 4.92 Å². The zero-order valence-electron chi connectivity index (χ0n) is 11.7. The van der Waals surface area contributed by atoms with Gasteiger partial charge in [0.05, 0.1) is 17.6 Å². The first-order valence-corrected chi connectivity index (χ1v) is 6.92. The molecule has 0 aliphatic carbocycles. The van der Waals surface area contributed by atoms with E-state index in [-0.39, 0.29) is 17.6 Å². The highest BCUT2D eigenvalue weighted by Crippen LogP contribution is 2.31. The zero-order chi connectivity index (χ0) is 15.5. The van der Waals surface area contributed by atoms with Crippen LogP contribution >= 0.6 is 0 Å². The molecule has 2 aromatic rings. The molecule has 0 fully saturated rings. The molecule has 6 heteroatoms. The van der Waals surface area contributed by atoms with Gasteiger partial charge in [0.25, 0.3) is 11.6 Å². The second-order valence-corrected chi connectivity index (χ2v) is 5.00. The van der Waals surface area contributed by atoms with Crippen LogP contribution in [0.15, 0.2) is 48.5 Å². The molecule has 0 bridgehead atoms. The molecule has 0 unspecified atom stereocenters. The molecule has 0 radical (unpaired) electrons. The monoisotopic (exact) mass is 298 g/mol. The maximum absolute atomic E-state index is 12.3. The van der Waals surface area contributed by atoms with Gasteiger partial charge in [-0.2, -0.15) is 0 Å². The molecular formula is C16H14N2O4. The number of rotatable bonds is 3. The van der Waals surface area contributed by atoms with Crippen LogP contribution in [0.3, 0.4) is 0 Å². The van der Waals surface area contributed by atoms with Gasteiger partial charge in [-0.15, -0.1) is 0 Å².